The van der Waals surface area contributed by atoms with Gasteiger partial charge < -0.3 is 5.73 Å². The molecule has 0 saturated heterocycles. The van der Waals surface area contributed by atoms with Crippen molar-refractivity contribution >= 4 is 5.69 Å². The van der Waals surface area contributed by atoms with Gasteiger partial charge in [0, 0.05) is 5.56 Å². The number of anilines is 1. The third-order valence-electron chi connectivity index (χ3n) is 1.68. The molecular formula is C9H6FN3. The van der Waals surface area contributed by atoms with E-state index in [4.69, 9.17) is 16.3 Å². The molecule has 2 N–H and O–H groups in total. The third kappa shape index (κ3) is 1.57. The van der Waals surface area contributed by atoms with Crippen molar-refractivity contribution in [2.24, 2.45) is 0 Å². The molecule has 0 bridgehead atoms. The summed E-state index contributed by atoms with van der Waals surface area (Å²) in [6, 6.07) is 6.12. The van der Waals surface area contributed by atoms with Crippen molar-refractivity contribution in [3.8, 4) is 12.1 Å². The van der Waals surface area contributed by atoms with Crippen LogP contribution in [0.2, 0.25) is 0 Å². The summed E-state index contributed by atoms with van der Waals surface area (Å²) in [4.78, 5) is 0. The van der Waals surface area contributed by atoms with Crippen LogP contribution in [0, 0.1) is 28.5 Å². The zero-order valence-corrected chi connectivity index (χ0v) is 6.71. The summed E-state index contributed by atoms with van der Waals surface area (Å²) in [6.45, 7) is 0. The van der Waals surface area contributed by atoms with E-state index < -0.39 is 5.82 Å². The average molecular weight is 175 g/mol. The lowest BCUT2D eigenvalue weighted by Crippen LogP contribution is -2.00. The van der Waals surface area contributed by atoms with Gasteiger partial charge in [0.2, 0.25) is 0 Å². The smallest absolute Gasteiger partial charge is 0.146 e. The van der Waals surface area contributed by atoms with Crippen LogP contribution in [0.1, 0.15) is 11.1 Å². The van der Waals surface area contributed by atoms with E-state index in [1.54, 1.807) is 0 Å². The molecule has 0 saturated carbocycles. The fraction of sp³-hybridized carbons (Fsp3) is 0.111. The molecule has 0 radical (unpaired) electrons. The van der Waals surface area contributed by atoms with Crippen LogP contribution in [-0.4, -0.2) is 0 Å². The van der Waals surface area contributed by atoms with Gasteiger partial charge in [-0.2, -0.15) is 10.5 Å². The number of nitrogens with zero attached hydrogens (tertiary/aromatic N) is 2. The zero-order chi connectivity index (χ0) is 9.84. The molecule has 13 heavy (non-hydrogen) atoms. The van der Waals surface area contributed by atoms with Crippen LogP contribution in [-0.2, 0) is 6.42 Å². The van der Waals surface area contributed by atoms with E-state index in [1.807, 2.05) is 12.1 Å². The standard InChI is InChI=1S/C9H6FN3/c10-8-2-1-6(5-12)7(3-4-11)9(8)13/h1-2H,3,13H2. The molecule has 0 aliphatic rings. The van der Waals surface area contributed by atoms with Crippen LogP contribution >= 0.6 is 0 Å². The van der Waals surface area contributed by atoms with Crippen LogP contribution in [0.4, 0.5) is 10.1 Å². The Labute approximate surface area is 74.8 Å². The average Bonchev–Trinajstić information content (AvgIpc) is 2.14. The number of benzene rings is 1. The third-order valence-corrected chi connectivity index (χ3v) is 1.68. The number of nitrogens with two attached hydrogens (primary N) is 1. The van der Waals surface area contributed by atoms with Crippen LogP contribution in [0.5, 0.6) is 0 Å². The molecule has 0 aliphatic heterocycles. The van der Waals surface area contributed by atoms with Gasteiger partial charge in [-0.05, 0) is 12.1 Å². The first-order valence-electron chi connectivity index (χ1n) is 3.54. The molecule has 1 aromatic rings. The summed E-state index contributed by atoms with van der Waals surface area (Å²) < 4.78 is 12.9. The topological polar surface area (TPSA) is 73.6 Å². The van der Waals surface area contributed by atoms with Crippen molar-refractivity contribution in [3.05, 3.63) is 29.1 Å². The number of halogens is 1. The van der Waals surface area contributed by atoms with Crippen LogP contribution in [0.3, 0.4) is 0 Å². The lowest BCUT2D eigenvalue weighted by molar-refractivity contribution is 0.631. The normalized spacial score (nSPS) is 8.85. The molecule has 0 heterocycles. The molecule has 0 atom stereocenters. The number of hydrogen-bond acceptors (Lipinski definition) is 3. The van der Waals surface area contributed by atoms with Gasteiger partial charge in [0.15, 0.2) is 0 Å². The Kier molecular flexibility index (Phi) is 2.47. The molecule has 0 aliphatic carbocycles. The maximum Gasteiger partial charge on any atom is 0.146 e. The summed E-state index contributed by atoms with van der Waals surface area (Å²) >= 11 is 0. The molecule has 1 aromatic carbocycles. The Bertz CT molecular complexity index is 412. The second kappa shape index (κ2) is 3.55. The van der Waals surface area contributed by atoms with E-state index in [1.165, 1.54) is 6.07 Å². The van der Waals surface area contributed by atoms with Gasteiger partial charge in [-0.1, -0.05) is 0 Å². The second-order valence-electron chi connectivity index (χ2n) is 2.43. The Balaban J connectivity index is 3.36. The van der Waals surface area contributed by atoms with Crippen LogP contribution < -0.4 is 5.73 Å². The van der Waals surface area contributed by atoms with E-state index in [9.17, 15) is 4.39 Å². The van der Waals surface area contributed by atoms with E-state index in [0.29, 0.717) is 0 Å². The molecular weight excluding hydrogens is 169 g/mol. The molecule has 0 fully saturated rings. The highest BCUT2D eigenvalue weighted by Crippen LogP contribution is 2.20. The van der Waals surface area contributed by atoms with Crippen molar-refractivity contribution < 1.29 is 4.39 Å². The van der Waals surface area contributed by atoms with E-state index in [0.717, 1.165) is 6.07 Å². The van der Waals surface area contributed by atoms with Crippen molar-refractivity contribution in [1.29, 1.82) is 10.5 Å². The predicted molar refractivity (Wildman–Crippen MR) is 44.8 cm³/mol. The highest BCUT2D eigenvalue weighted by Gasteiger charge is 2.09. The van der Waals surface area contributed by atoms with E-state index in [-0.39, 0.29) is 23.2 Å². The molecule has 0 spiro atoms. The molecule has 0 amide bonds. The summed E-state index contributed by atoms with van der Waals surface area (Å²) in [6.07, 6.45) is -0.0491. The highest BCUT2D eigenvalue weighted by atomic mass is 19.1. The Morgan fingerprint density at radius 3 is 2.62 bits per heavy atom. The Morgan fingerprint density at radius 2 is 2.08 bits per heavy atom. The Hall–Kier alpha value is -2.07. The minimum Gasteiger partial charge on any atom is -0.396 e. The first kappa shape index (κ1) is 9.02. The van der Waals surface area contributed by atoms with Gasteiger partial charge in [0.25, 0.3) is 0 Å². The number of nitrogen functional groups attached to an aromatic ring is 1. The van der Waals surface area contributed by atoms with Crippen molar-refractivity contribution in [1.82, 2.24) is 0 Å². The van der Waals surface area contributed by atoms with Crippen molar-refractivity contribution in [2.75, 3.05) is 5.73 Å². The number of rotatable bonds is 1. The van der Waals surface area contributed by atoms with Crippen molar-refractivity contribution in [2.45, 2.75) is 6.42 Å². The summed E-state index contributed by atoms with van der Waals surface area (Å²) in [5.41, 5.74) is 5.78. The lowest BCUT2D eigenvalue weighted by Gasteiger charge is -2.03. The first-order valence-corrected chi connectivity index (χ1v) is 3.54. The fourth-order valence-corrected chi connectivity index (χ4v) is 1.01. The minimum atomic E-state index is -0.593. The SMILES string of the molecule is N#CCc1c(C#N)ccc(F)c1N. The molecule has 4 heteroatoms. The van der Waals surface area contributed by atoms with Gasteiger partial charge in [0.05, 0.1) is 29.8 Å². The van der Waals surface area contributed by atoms with E-state index in [2.05, 4.69) is 0 Å². The number of nitriles is 2. The number of hydrogen-bond donors (Lipinski definition) is 1. The molecule has 1 rings (SSSR count). The van der Waals surface area contributed by atoms with Gasteiger partial charge in [-0.3, -0.25) is 0 Å². The Morgan fingerprint density at radius 1 is 1.38 bits per heavy atom. The zero-order valence-electron chi connectivity index (χ0n) is 6.71. The summed E-state index contributed by atoms with van der Waals surface area (Å²) in [5.74, 6) is -0.593. The maximum atomic E-state index is 12.9. The van der Waals surface area contributed by atoms with Crippen molar-refractivity contribution in [3.63, 3.8) is 0 Å². The first-order chi connectivity index (χ1) is 6.20. The lowest BCUT2D eigenvalue weighted by atomic mass is 10.0. The highest BCUT2D eigenvalue weighted by molar-refractivity contribution is 5.56. The molecule has 64 valence electrons. The van der Waals surface area contributed by atoms with Gasteiger partial charge in [0.1, 0.15) is 5.82 Å². The molecule has 0 unspecified atom stereocenters. The largest absolute Gasteiger partial charge is 0.396 e. The fourth-order valence-electron chi connectivity index (χ4n) is 1.01. The quantitative estimate of drug-likeness (QED) is 0.654. The minimum absolute atomic E-state index is 0.0491. The summed E-state index contributed by atoms with van der Waals surface area (Å²) in [7, 11) is 0. The second-order valence-corrected chi connectivity index (χ2v) is 2.43. The monoisotopic (exact) mass is 175 g/mol. The van der Waals surface area contributed by atoms with Gasteiger partial charge >= 0.3 is 0 Å². The van der Waals surface area contributed by atoms with E-state index >= 15 is 0 Å². The van der Waals surface area contributed by atoms with Gasteiger partial charge in [-0.25, -0.2) is 4.39 Å². The maximum absolute atomic E-state index is 12.9. The summed E-state index contributed by atoms with van der Waals surface area (Å²) in [5, 5.41) is 17.0. The van der Waals surface area contributed by atoms with Crippen LogP contribution in [0.25, 0.3) is 0 Å². The predicted octanol–water partition coefficient (Wildman–Crippen LogP) is 1.35. The molecule has 3 nitrogen and oxygen atoms in total. The van der Waals surface area contributed by atoms with Crippen LogP contribution in [0.15, 0.2) is 12.1 Å². The molecule has 0 aromatic heterocycles. The van der Waals surface area contributed by atoms with Gasteiger partial charge in [-0.15, -0.1) is 0 Å².